The fourth-order valence-corrected chi connectivity index (χ4v) is 2.63. The highest BCUT2D eigenvalue weighted by molar-refractivity contribution is 9.10. The molecule has 0 aliphatic carbocycles. The van der Waals surface area contributed by atoms with E-state index in [4.69, 9.17) is 0 Å². The average molecular weight is 326 g/mol. The van der Waals surface area contributed by atoms with Gasteiger partial charge < -0.3 is 10.2 Å². The van der Waals surface area contributed by atoms with Crippen molar-refractivity contribution in [2.75, 3.05) is 38.0 Å². The Bertz CT molecular complexity index is 430. The van der Waals surface area contributed by atoms with Crippen molar-refractivity contribution in [3.8, 4) is 0 Å². The Hall–Kier alpha value is -1.07. The molecule has 2 rings (SSSR count). The molecule has 0 saturated carbocycles. The van der Waals surface area contributed by atoms with E-state index in [2.05, 4.69) is 33.1 Å². The Morgan fingerprint density at radius 3 is 2.58 bits per heavy atom. The van der Waals surface area contributed by atoms with Gasteiger partial charge in [-0.25, -0.2) is 4.79 Å². The van der Waals surface area contributed by atoms with Gasteiger partial charge in [0.1, 0.15) is 0 Å². The Labute approximate surface area is 122 Å². The maximum Gasteiger partial charge on any atom is 0.321 e. The molecule has 5 heteroatoms. The van der Waals surface area contributed by atoms with E-state index in [1.807, 2.05) is 29.2 Å². The number of anilines is 1. The summed E-state index contributed by atoms with van der Waals surface area (Å²) in [6.07, 6.45) is 1.17. The molecule has 1 aliphatic heterocycles. The van der Waals surface area contributed by atoms with Crippen molar-refractivity contribution in [2.45, 2.75) is 13.3 Å². The zero-order valence-corrected chi connectivity index (χ0v) is 12.8. The Kier molecular flexibility index (Phi) is 5.22. The summed E-state index contributed by atoms with van der Waals surface area (Å²) in [5.41, 5.74) is 0.823. The molecule has 0 atom stereocenters. The van der Waals surface area contributed by atoms with Gasteiger partial charge in [-0.05, 0) is 41.0 Å². The van der Waals surface area contributed by atoms with E-state index in [9.17, 15) is 4.79 Å². The summed E-state index contributed by atoms with van der Waals surface area (Å²) in [6.45, 7) is 6.85. The normalized spacial score (nSPS) is 16.4. The lowest BCUT2D eigenvalue weighted by atomic mass is 10.3. The minimum atomic E-state index is -0.0111. The van der Waals surface area contributed by atoms with Crippen LogP contribution in [0.4, 0.5) is 10.5 Å². The lowest BCUT2D eigenvalue weighted by Gasteiger charge is -2.34. The second kappa shape index (κ2) is 6.91. The van der Waals surface area contributed by atoms with E-state index in [-0.39, 0.29) is 6.03 Å². The second-order valence-electron chi connectivity index (χ2n) is 4.74. The molecular weight excluding hydrogens is 306 g/mol. The molecule has 1 heterocycles. The Morgan fingerprint density at radius 1 is 1.26 bits per heavy atom. The molecular formula is C14H20BrN3O. The molecule has 0 unspecified atom stereocenters. The standard InChI is InChI=1S/C14H20BrN3O/c1-2-7-17-8-10-18(11-9-17)14(19)16-13-6-4-3-5-12(13)15/h3-6H,2,7-11H2,1H3,(H,16,19). The van der Waals surface area contributed by atoms with Crippen molar-refractivity contribution in [2.24, 2.45) is 0 Å². The molecule has 1 fully saturated rings. The smallest absolute Gasteiger partial charge is 0.321 e. The van der Waals surface area contributed by atoms with Gasteiger partial charge in [-0.3, -0.25) is 4.90 Å². The third kappa shape index (κ3) is 3.94. The van der Waals surface area contributed by atoms with Crippen molar-refractivity contribution in [1.29, 1.82) is 0 Å². The minimum Gasteiger partial charge on any atom is -0.322 e. The monoisotopic (exact) mass is 325 g/mol. The fraction of sp³-hybridized carbons (Fsp3) is 0.500. The summed E-state index contributed by atoms with van der Waals surface area (Å²) in [4.78, 5) is 16.4. The number of halogens is 1. The van der Waals surface area contributed by atoms with Gasteiger partial charge in [0.2, 0.25) is 0 Å². The molecule has 1 aromatic carbocycles. The van der Waals surface area contributed by atoms with Gasteiger partial charge in [0, 0.05) is 30.7 Å². The first kappa shape index (κ1) is 14.3. The molecule has 0 radical (unpaired) electrons. The predicted molar refractivity (Wildman–Crippen MR) is 81.5 cm³/mol. The largest absolute Gasteiger partial charge is 0.322 e. The number of rotatable bonds is 3. The Morgan fingerprint density at radius 2 is 1.95 bits per heavy atom. The summed E-state index contributed by atoms with van der Waals surface area (Å²) in [5.74, 6) is 0. The van der Waals surface area contributed by atoms with Crippen LogP contribution in [-0.4, -0.2) is 48.6 Å². The lowest BCUT2D eigenvalue weighted by Crippen LogP contribution is -2.50. The van der Waals surface area contributed by atoms with E-state index >= 15 is 0 Å². The maximum atomic E-state index is 12.2. The van der Waals surface area contributed by atoms with Crippen molar-refractivity contribution in [3.63, 3.8) is 0 Å². The van der Waals surface area contributed by atoms with Crippen LogP contribution in [0.15, 0.2) is 28.7 Å². The van der Waals surface area contributed by atoms with Crippen LogP contribution in [0.25, 0.3) is 0 Å². The first-order chi connectivity index (χ1) is 9.20. The Balaban J connectivity index is 1.87. The van der Waals surface area contributed by atoms with Gasteiger partial charge in [0.25, 0.3) is 0 Å². The van der Waals surface area contributed by atoms with Gasteiger partial charge in [-0.15, -0.1) is 0 Å². The van der Waals surface area contributed by atoms with Crippen molar-refractivity contribution in [3.05, 3.63) is 28.7 Å². The first-order valence-electron chi connectivity index (χ1n) is 6.73. The first-order valence-corrected chi connectivity index (χ1v) is 7.53. The van der Waals surface area contributed by atoms with Crippen LogP contribution >= 0.6 is 15.9 Å². The van der Waals surface area contributed by atoms with Crippen LogP contribution in [0.5, 0.6) is 0 Å². The van der Waals surface area contributed by atoms with Crippen LogP contribution < -0.4 is 5.32 Å². The highest BCUT2D eigenvalue weighted by Gasteiger charge is 2.20. The van der Waals surface area contributed by atoms with Gasteiger partial charge in [-0.2, -0.15) is 0 Å². The van der Waals surface area contributed by atoms with E-state index in [0.29, 0.717) is 0 Å². The molecule has 19 heavy (non-hydrogen) atoms. The number of nitrogens with zero attached hydrogens (tertiary/aromatic N) is 2. The SMILES string of the molecule is CCCN1CCN(C(=O)Nc2ccccc2Br)CC1. The third-order valence-electron chi connectivity index (χ3n) is 3.31. The van der Waals surface area contributed by atoms with Gasteiger partial charge in [-0.1, -0.05) is 19.1 Å². The number of nitrogens with one attached hydrogen (secondary N) is 1. The fourth-order valence-electron chi connectivity index (χ4n) is 2.25. The number of benzene rings is 1. The van der Waals surface area contributed by atoms with E-state index < -0.39 is 0 Å². The molecule has 1 N–H and O–H groups in total. The van der Waals surface area contributed by atoms with Crippen molar-refractivity contribution >= 4 is 27.6 Å². The van der Waals surface area contributed by atoms with E-state index in [1.54, 1.807) is 0 Å². The zero-order chi connectivity index (χ0) is 13.7. The number of urea groups is 1. The topological polar surface area (TPSA) is 35.6 Å². The molecule has 104 valence electrons. The average Bonchev–Trinajstić information content (AvgIpc) is 2.42. The number of piperazine rings is 1. The van der Waals surface area contributed by atoms with Crippen molar-refractivity contribution < 1.29 is 4.79 Å². The maximum absolute atomic E-state index is 12.2. The van der Waals surface area contributed by atoms with Crippen LogP contribution in [0.3, 0.4) is 0 Å². The minimum absolute atomic E-state index is 0.0111. The highest BCUT2D eigenvalue weighted by atomic mass is 79.9. The summed E-state index contributed by atoms with van der Waals surface area (Å²) in [5, 5.41) is 2.95. The summed E-state index contributed by atoms with van der Waals surface area (Å²) < 4.78 is 0.910. The van der Waals surface area contributed by atoms with Crippen molar-refractivity contribution in [1.82, 2.24) is 9.80 Å². The molecule has 2 amide bonds. The van der Waals surface area contributed by atoms with Crippen LogP contribution in [-0.2, 0) is 0 Å². The molecule has 0 spiro atoms. The van der Waals surface area contributed by atoms with Gasteiger partial charge in [0.15, 0.2) is 0 Å². The van der Waals surface area contributed by atoms with Crippen LogP contribution in [0, 0.1) is 0 Å². The number of carbonyl (C=O) groups excluding carboxylic acids is 1. The molecule has 1 saturated heterocycles. The number of carbonyl (C=O) groups is 1. The van der Waals surface area contributed by atoms with E-state index in [0.717, 1.165) is 42.9 Å². The molecule has 0 bridgehead atoms. The molecule has 0 aromatic heterocycles. The van der Waals surface area contributed by atoms with Crippen LogP contribution in [0.1, 0.15) is 13.3 Å². The van der Waals surface area contributed by atoms with Gasteiger partial charge in [0.05, 0.1) is 5.69 Å². The number of hydrogen-bond acceptors (Lipinski definition) is 2. The highest BCUT2D eigenvalue weighted by Crippen LogP contribution is 2.21. The third-order valence-corrected chi connectivity index (χ3v) is 4.01. The van der Waals surface area contributed by atoms with Gasteiger partial charge >= 0.3 is 6.03 Å². The molecule has 1 aliphatic rings. The number of para-hydroxylation sites is 1. The quantitative estimate of drug-likeness (QED) is 0.927. The summed E-state index contributed by atoms with van der Waals surface area (Å²) in [7, 11) is 0. The molecule has 1 aromatic rings. The summed E-state index contributed by atoms with van der Waals surface area (Å²) >= 11 is 3.44. The summed E-state index contributed by atoms with van der Waals surface area (Å²) in [6, 6.07) is 7.66. The molecule has 4 nitrogen and oxygen atoms in total. The zero-order valence-electron chi connectivity index (χ0n) is 11.2. The predicted octanol–water partition coefficient (Wildman–Crippen LogP) is 3.01. The second-order valence-corrected chi connectivity index (χ2v) is 5.59. The number of amides is 2. The van der Waals surface area contributed by atoms with E-state index in [1.165, 1.54) is 6.42 Å². The van der Waals surface area contributed by atoms with Crippen LogP contribution in [0.2, 0.25) is 0 Å². The number of hydrogen-bond donors (Lipinski definition) is 1. The lowest BCUT2D eigenvalue weighted by molar-refractivity contribution is 0.147.